The van der Waals surface area contributed by atoms with Crippen LogP contribution in [0.5, 0.6) is 0 Å². The molecule has 3 N–H and O–H groups in total. The van der Waals surface area contributed by atoms with Gasteiger partial charge in [0.2, 0.25) is 0 Å². The summed E-state index contributed by atoms with van der Waals surface area (Å²) < 4.78 is 0. The molecule has 3 heteroatoms. The van der Waals surface area contributed by atoms with Crippen molar-refractivity contribution in [1.82, 2.24) is 5.43 Å². The van der Waals surface area contributed by atoms with Gasteiger partial charge in [0, 0.05) is 0 Å². The van der Waals surface area contributed by atoms with Crippen LogP contribution in [0.4, 0.5) is 0 Å². The SMILES string of the molecule is NC=NNC/C=C/c1ccccc1. The van der Waals surface area contributed by atoms with Crippen LogP contribution < -0.4 is 11.2 Å². The van der Waals surface area contributed by atoms with E-state index in [1.165, 1.54) is 11.9 Å². The number of hydrazone groups is 1. The van der Waals surface area contributed by atoms with Gasteiger partial charge >= 0.3 is 0 Å². The highest BCUT2D eigenvalue weighted by atomic mass is 15.3. The first kappa shape index (κ1) is 9.32. The molecule has 0 saturated heterocycles. The summed E-state index contributed by atoms with van der Waals surface area (Å²) in [6, 6.07) is 10.1. The maximum Gasteiger partial charge on any atom is 0.106 e. The second kappa shape index (κ2) is 5.83. The minimum absolute atomic E-state index is 0.683. The Hall–Kier alpha value is -1.77. The molecule has 68 valence electrons. The van der Waals surface area contributed by atoms with Crippen molar-refractivity contribution in [1.29, 1.82) is 0 Å². The van der Waals surface area contributed by atoms with Crippen LogP contribution in [0.2, 0.25) is 0 Å². The van der Waals surface area contributed by atoms with Gasteiger partial charge < -0.3 is 11.2 Å². The van der Waals surface area contributed by atoms with E-state index in [1.807, 2.05) is 42.5 Å². The normalized spacial score (nSPS) is 11.1. The molecule has 0 aliphatic carbocycles. The van der Waals surface area contributed by atoms with Gasteiger partial charge in [0.1, 0.15) is 6.34 Å². The summed E-state index contributed by atoms with van der Waals surface area (Å²) in [5, 5.41) is 3.65. The van der Waals surface area contributed by atoms with Gasteiger partial charge in [-0.3, -0.25) is 0 Å². The molecule has 0 aromatic heterocycles. The zero-order valence-corrected chi connectivity index (χ0v) is 7.35. The van der Waals surface area contributed by atoms with E-state index >= 15 is 0 Å². The zero-order chi connectivity index (χ0) is 9.36. The number of benzene rings is 1. The molecule has 1 aromatic carbocycles. The topological polar surface area (TPSA) is 50.4 Å². The van der Waals surface area contributed by atoms with Crippen LogP contribution in [0.15, 0.2) is 41.5 Å². The molecule has 1 aromatic rings. The molecule has 0 amide bonds. The molecule has 0 fully saturated rings. The van der Waals surface area contributed by atoms with Crippen LogP contribution in [-0.4, -0.2) is 12.9 Å². The minimum Gasteiger partial charge on any atom is -0.388 e. The molecule has 0 spiro atoms. The average Bonchev–Trinajstić information content (AvgIpc) is 2.19. The highest BCUT2D eigenvalue weighted by Crippen LogP contribution is 1.99. The molecule has 0 aliphatic rings. The van der Waals surface area contributed by atoms with Crippen molar-refractivity contribution in [3.8, 4) is 0 Å². The van der Waals surface area contributed by atoms with Gasteiger partial charge in [-0.15, -0.1) is 0 Å². The number of rotatable bonds is 4. The molecule has 1 rings (SSSR count). The van der Waals surface area contributed by atoms with Gasteiger partial charge in [0.05, 0.1) is 6.54 Å². The molecular formula is C10H13N3. The molecule has 0 unspecified atom stereocenters. The summed E-state index contributed by atoms with van der Waals surface area (Å²) in [6.07, 6.45) is 5.25. The first-order valence-corrected chi connectivity index (χ1v) is 4.11. The predicted octanol–water partition coefficient (Wildman–Crippen LogP) is 1.19. The van der Waals surface area contributed by atoms with E-state index in [-0.39, 0.29) is 0 Å². The Morgan fingerprint density at radius 1 is 1.31 bits per heavy atom. The van der Waals surface area contributed by atoms with Crippen molar-refractivity contribution in [2.24, 2.45) is 10.8 Å². The van der Waals surface area contributed by atoms with Crippen LogP contribution in [0.3, 0.4) is 0 Å². The lowest BCUT2D eigenvalue weighted by Gasteiger charge is -1.92. The summed E-state index contributed by atoms with van der Waals surface area (Å²) in [5.41, 5.74) is 8.99. The number of nitrogens with two attached hydrogens (primary N) is 1. The van der Waals surface area contributed by atoms with Gasteiger partial charge in [-0.1, -0.05) is 42.5 Å². The summed E-state index contributed by atoms with van der Waals surface area (Å²) in [5.74, 6) is 0. The van der Waals surface area contributed by atoms with Gasteiger partial charge in [-0.25, -0.2) is 0 Å². The van der Waals surface area contributed by atoms with E-state index in [0.29, 0.717) is 6.54 Å². The van der Waals surface area contributed by atoms with Crippen LogP contribution in [-0.2, 0) is 0 Å². The maximum atomic E-state index is 5.04. The molecule has 0 saturated carbocycles. The average molecular weight is 175 g/mol. The second-order valence-corrected chi connectivity index (χ2v) is 2.45. The smallest absolute Gasteiger partial charge is 0.106 e. The summed E-state index contributed by atoms with van der Waals surface area (Å²) in [4.78, 5) is 0. The zero-order valence-electron chi connectivity index (χ0n) is 7.35. The fourth-order valence-electron chi connectivity index (χ4n) is 0.917. The molecule has 0 atom stereocenters. The second-order valence-electron chi connectivity index (χ2n) is 2.45. The van der Waals surface area contributed by atoms with E-state index in [0.717, 1.165) is 0 Å². The van der Waals surface area contributed by atoms with Crippen molar-refractivity contribution in [2.45, 2.75) is 0 Å². The molecule has 3 nitrogen and oxygen atoms in total. The Kier molecular flexibility index (Phi) is 4.18. The number of hydrogen-bond donors (Lipinski definition) is 2. The predicted molar refractivity (Wildman–Crippen MR) is 56.2 cm³/mol. The number of nitrogens with one attached hydrogen (secondary N) is 1. The van der Waals surface area contributed by atoms with E-state index in [9.17, 15) is 0 Å². The van der Waals surface area contributed by atoms with Gasteiger partial charge in [0.15, 0.2) is 0 Å². The Balaban J connectivity index is 2.32. The fourth-order valence-corrected chi connectivity index (χ4v) is 0.917. The third-order valence-corrected chi connectivity index (χ3v) is 1.48. The monoisotopic (exact) mass is 175 g/mol. The molecule has 0 aliphatic heterocycles. The third-order valence-electron chi connectivity index (χ3n) is 1.48. The Labute approximate surface area is 78.0 Å². The van der Waals surface area contributed by atoms with Crippen LogP contribution in [0, 0.1) is 0 Å². The number of hydrogen-bond acceptors (Lipinski definition) is 2. The van der Waals surface area contributed by atoms with E-state index < -0.39 is 0 Å². The van der Waals surface area contributed by atoms with Crippen molar-refractivity contribution in [3.63, 3.8) is 0 Å². The molecule has 13 heavy (non-hydrogen) atoms. The van der Waals surface area contributed by atoms with E-state index in [4.69, 9.17) is 5.73 Å². The first-order chi connectivity index (χ1) is 6.43. The summed E-state index contributed by atoms with van der Waals surface area (Å²) in [7, 11) is 0. The molecule has 0 bridgehead atoms. The Bertz CT molecular complexity index is 277. The fraction of sp³-hybridized carbons (Fsp3) is 0.100. The third kappa shape index (κ3) is 3.96. The summed E-state index contributed by atoms with van der Waals surface area (Å²) >= 11 is 0. The van der Waals surface area contributed by atoms with Gasteiger partial charge in [0.25, 0.3) is 0 Å². The van der Waals surface area contributed by atoms with Crippen molar-refractivity contribution >= 4 is 12.4 Å². The lowest BCUT2D eigenvalue weighted by atomic mass is 10.2. The van der Waals surface area contributed by atoms with Crippen LogP contribution in [0.1, 0.15) is 5.56 Å². The largest absolute Gasteiger partial charge is 0.388 e. The summed E-state index contributed by atoms with van der Waals surface area (Å²) in [6.45, 7) is 0.683. The standard InChI is InChI=1S/C10H13N3/c11-9-13-12-8-4-7-10-5-2-1-3-6-10/h1-7,9,12H,8H2,(H2,11,13)/b7-4+. The minimum atomic E-state index is 0.683. The number of nitrogens with zero attached hydrogens (tertiary/aromatic N) is 1. The first-order valence-electron chi connectivity index (χ1n) is 4.11. The maximum absolute atomic E-state index is 5.04. The molecular weight excluding hydrogens is 162 g/mol. The molecule has 0 radical (unpaired) electrons. The van der Waals surface area contributed by atoms with Gasteiger partial charge in [-0.2, -0.15) is 5.10 Å². The lowest BCUT2D eigenvalue weighted by molar-refractivity contribution is 0.831. The Morgan fingerprint density at radius 2 is 2.08 bits per heavy atom. The van der Waals surface area contributed by atoms with E-state index in [2.05, 4.69) is 10.5 Å². The lowest BCUT2D eigenvalue weighted by Crippen LogP contribution is -2.06. The Morgan fingerprint density at radius 3 is 2.77 bits per heavy atom. The van der Waals surface area contributed by atoms with Crippen molar-refractivity contribution in [2.75, 3.05) is 6.54 Å². The van der Waals surface area contributed by atoms with E-state index in [1.54, 1.807) is 0 Å². The van der Waals surface area contributed by atoms with Gasteiger partial charge in [-0.05, 0) is 5.56 Å². The van der Waals surface area contributed by atoms with Crippen LogP contribution in [0.25, 0.3) is 6.08 Å². The highest BCUT2D eigenvalue weighted by Gasteiger charge is 1.80. The quantitative estimate of drug-likeness (QED) is 0.312. The van der Waals surface area contributed by atoms with Crippen molar-refractivity contribution in [3.05, 3.63) is 42.0 Å². The van der Waals surface area contributed by atoms with Crippen LogP contribution >= 0.6 is 0 Å². The molecule has 0 heterocycles. The highest BCUT2D eigenvalue weighted by molar-refractivity contribution is 5.51. The van der Waals surface area contributed by atoms with Crippen molar-refractivity contribution < 1.29 is 0 Å².